The molecule has 0 heterocycles. The summed E-state index contributed by atoms with van der Waals surface area (Å²) in [4.78, 5) is 11.8. The van der Waals surface area contributed by atoms with E-state index in [0.717, 1.165) is 18.2 Å². The predicted molar refractivity (Wildman–Crippen MR) is 65.4 cm³/mol. The highest BCUT2D eigenvalue weighted by Crippen LogP contribution is 2.16. The molecule has 0 aliphatic heterocycles. The van der Waals surface area contributed by atoms with Crippen LogP contribution in [0.4, 0.5) is 17.6 Å². The Morgan fingerprint density at radius 2 is 1.60 bits per heavy atom. The Labute approximate surface area is 112 Å². The van der Waals surface area contributed by atoms with Crippen LogP contribution in [0, 0.1) is 23.3 Å². The lowest BCUT2D eigenvalue weighted by atomic mass is 10.0. The van der Waals surface area contributed by atoms with Crippen LogP contribution < -0.4 is 0 Å². The second-order valence-corrected chi connectivity index (χ2v) is 4.31. The maximum absolute atomic E-state index is 13.0. The molecule has 0 aromatic heterocycles. The molecule has 2 rings (SSSR count). The van der Waals surface area contributed by atoms with E-state index in [1.54, 1.807) is 0 Å². The zero-order valence-electron chi connectivity index (χ0n) is 10.3. The fourth-order valence-electron chi connectivity index (χ4n) is 1.82. The van der Waals surface area contributed by atoms with Crippen LogP contribution in [0.15, 0.2) is 36.4 Å². The molecule has 0 atom stereocenters. The summed E-state index contributed by atoms with van der Waals surface area (Å²) in [5, 5.41) is 0. The third kappa shape index (κ3) is 3.23. The van der Waals surface area contributed by atoms with E-state index < -0.39 is 23.3 Å². The lowest BCUT2D eigenvalue weighted by Gasteiger charge is -2.04. The van der Waals surface area contributed by atoms with Gasteiger partial charge in [-0.2, -0.15) is 0 Å². The molecule has 0 bridgehead atoms. The fraction of sp³-hybridized carbons (Fsp3) is 0.133. The van der Waals surface area contributed by atoms with Crippen molar-refractivity contribution in [1.29, 1.82) is 0 Å². The Kier molecular flexibility index (Phi) is 4.17. The number of halogens is 4. The topological polar surface area (TPSA) is 17.1 Å². The van der Waals surface area contributed by atoms with Gasteiger partial charge in [0.25, 0.3) is 0 Å². The summed E-state index contributed by atoms with van der Waals surface area (Å²) in [5.74, 6) is -5.01. The van der Waals surface area contributed by atoms with E-state index in [2.05, 4.69) is 0 Å². The minimum atomic E-state index is -1.54. The Morgan fingerprint density at radius 3 is 2.20 bits per heavy atom. The van der Waals surface area contributed by atoms with E-state index >= 15 is 0 Å². The Bertz CT molecular complexity index is 629. The van der Waals surface area contributed by atoms with Crippen molar-refractivity contribution in [3.63, 3.8) is 0 Å². The first-order valence-electron chi connectivity index (χ1n) is 5.89. The maximum Gasteiger partial charge on any atom is 0.194 e. The third-order valence-electron chi connectivity index (χ3n) is 2.83. The quantitative estimate of drug-likeness (QED) is 0.469. The van der Waals surface area contributed by atoms with Gasteiger partial charge in [-0.15, -0.1) is 0 Å². The monoisotopic (exact) mass is 282 g/mol. The first-order valence-corrected chi connectivity index (χ1v) is 5.89. The smallest absolute Gasteiger partial charge is 0.194 e. The van der Waals surface area contributed by atoms with E-state index in [1.165, 1.54) is 18.2 Å². The second kappa shape index (κ2) is 5.86. The molecule has 5 heteroatoms. The van der Waals surface area contributed by atoms with Gasteiger partial charge in [-0.3, -0.25) is 4.79 Å². The number of hydrogen-bond acceptors (Lipinski definition) is 1. The molecule has 0 fully saturated rings. The summed E-state index contributed by atoms with van der Waals surface area (Å²) in [6.07, 6.45) is -0.00255. The van der Waals surface area contributed by atoms with Crippen LogP contribution in [0.2, 0.25) is 0 Å². The van der Waals surface area contributed by atoms with Gasteiger partial charge in [0.05, 0.1) is 0 Å². The van der Waals surface area contributed by atoms with Gasteiger partial charge >= 0.3 is 0 Å². The molecular formula is C15H10F4O. The number of carbonyl (C=O) groups is 1. The van der Waals surface area contributed by atoms with Crippen LogP contribution in [0.5, 0.6) is 0 Å². The molecule has 0 amide bonds. The summed E-state index contributed by atoms with van der Waals surface area (Å²) in [7, 11) is 0. The fourth-order valence-corrected chi connectivity index (χ4v) is 1.82. The van der Waals surface area contributed by atoms with Crippen LogP contribution in [0.3, 0.4) is 0 Å². The second-order valence-electron chi connectivity index (χ2n) is 4.31. The Hall–Kier alpha value is -2.17. The van der Waals surface area contributed by atoms with Crippen LogP contribution in [0.1, 0.15) is 22.3 Å². The molecule has 0 N–H and O–H groups in total. The highest BCUT2D eigenvalue weighted by atomic mass is 19.2. The molecule has 0 radical (unpaired) electrons. The first-order chi connectivity index (χ1) is 9.47. The molecule has 0 aliphatic carbocycles. The molecule has 0 unspecified atom stereocenters. The number of Topliss-reactive ketones (excluding diaryl/α,β-unsaturated/α-hetero) is 1. The zero-order valence-corrected chi connectivity index (χ0v) is 10.3. The van der Waals surface area contributed by atoms with Gasteiger partial charge in [0.1, 0.15) is 5.82 Å². The average Bonchev–Trinajstić information content (AvgIpc) is 2.42. The highest BCUT2D eigenvalue weighted by Gasteiger charge is 2.12. The van der Waals surface area contributed by atoms with Crippen LogP contribution in [-0.2, 0) is 6.42 Å². The number of benzene rings is 2. The molecule has 20 heavy (non-hydrogen) atoms. The van der Waals surface area contributed by atoms with Crippen LogP contribution in [0.25, 0.3) is 0 Å². The SMILES string of the molecule is O=C(CCc1cc(F)c(F)c(F)c1)c1cccc(F)c1. The summed E-state index contributed by atoms with van der Waals surface area (Å²) >= 11 is 0. The largest absolute Gasteiger partial charge is 0.294 e. The summed E-state index contributed by atoms with van der Waals surface area (Å²) in [6.45, 7) is 0. The van der Waals surface area contributed by atoms with Crippen molar-refractivity contribution in [3.05, 3.63) is 70.8 Å². The minimum Gasteiger partial charge on any atom is -0.294 e. The van der Waals surface area contributed by atoms with E-state index in [1.807, 2.05) is 0 Å². The third-order valence-corrected chi connectivity index (χ3v) is 2.83. The number of carbonyl (C=O) groups excluding carboxylic acids is 1. The number of ketones is 1. The molecule has 0 saturated carbocycles. The molecule has 104 valence electrons. The van der Waals surface area contributed by atoms with Gasteiger partial charge in [-0.25, -0.2) is 17.6 Å². The van der Waals surface area contributed by atoms with Gasteiger partial charge in [0.15, 0.2) is 23.2 Å². The van der Waals surface area contributed by atoms with E-state index in [-0.39, 0.29) is 29.8 Å². The van der Waals surface area contributed by atoms with E-state index in [4.69, 9.17) is 0 Å². The minimum absolute atomic E-state index is 0.0451. The molecule has 2 aromatic carbocycles. The lowest BCUT2D eigenvalue weighted by Crippen LogP contribution is -2.03. The maximum atomic E-state index is 13.0. The van der Waals surface area contributed by atoms with Crippen molar-refractivity contribution in [2.45, 2.75) is 12.8 Å². The van der Waals surface area contributed by atoms with E-state index in [0.29, 0.717) is 0 Å². The standard InChI is InChI=1S/C15H10F4O/c16-11-3-1-2-10(8-11)14(20)5-4-9-6-12(17)15(19)13(18)7-9/h1-3,6-8H,4-5H2. The van der Waals surface area contributed by atoms with Crippen molar-refractivity contribution >= 4 is 5.78 Å². The molecule has 0 spiro atoms. The summed E-state index contributed by atoms with van der Waals surface area (Å²) in [5.41, 5.74) is 0.360. The van der Waals surface area contributed by atoms with Crippen molar-refractivity contribution in [3.8, 4) is 0 Å². The van der Waals surface area contributed by atoms with E-state index in [9.17, 15) is 22.4 Å². The van der Waals surface area contributed by atoms with Gasteiger partial charge in [0, 0.05) is 12.0 Å². The number of hydrogen-bond donors (Lipinski definition) is 0. The summed E-state index contributed by atoms with van der Waals surface area (Å²) < 4.78 is 51.7. The van der Waals surface area contributed by atoms with Gasteiger partial charge in [-0.05, 0) is 36.2 Å². The van der Waals surface area contributed by atoms with Crippen LogP contribution in [-0.4, -0.2) is 5.78 Å². The van der Waals surface area contributed by atoms with Crippen molar-refractivity contribution in [2.24, 2.45) is 0 Å². The Balaban J connectivity index is 2.07. The summed E-state index contributed by atoms with van der Waals surface area (Å²) in [6, 6.07) is 6.85. The zero-order chi connectivity index (χ0) is 14.7. The first kappa shape index (κ1) is 14.2. The van der Waals surface area contributed by atoms with Gasteiger partial charge < -0.3 is 0 Å². The van der Waals surface area contributed by atoms with Crippen molar-refractivity contribution < 1.29 is 22.4 Å². The molecular weight excluding hydrogens is 272 g/mol. The Morgan fingerprint density at radius 1 is 0.950 bits per heavy atom. The number of aryl methyl sites for hydroxylation is 1. The molecule has 0 aliphatic rings. The van der Waals surface area contributed by atoms with Crippen molar-refractivity contribution in [1.82, 2.24) is 0 Å². The molecule has 0 saturated heterocycles. The normalized spacial score (nSPS) is 10.6. The van der Waals surface area contributed by atoms with Gasteiger partial charge in [0.2, 0.25) is 0 Å². The lowest BCUT2D eigenvalue weighted by molar-refractivity contribution is 0.0982. The highest BCUT2D eigenvalue weighted by molar-refractivity contribution is 5.96. The van der Waals surface area contributed by atoms with Gasteiger partial charge in [-0.1, -0.05) is 12.1 Å². The predicted octanol–water partition coefficient (Wildman–Crippen LogP) is 4.06. The molecule has 2 aromatic rings. The number of rotatable bonds is 4. The molecule has 1 nitrogen and oxygen atoms in total. The van der Waals surface area contributed by atoms with Crippen molar-refractivity contribution in [2.75, 3.05) is 0 Å². The average molecular weight is 282 g/mol. The van der Waals surface area contributed by atoms with Crippen LogP contribution >= 0.6 is 0 Å².